The molecule has 5 heteroatoms. The number of fused-ring (bicyclic) bond motifs is 2. The number of pyridine rings is 1. The second kappa shape index (κ2) is 4.15. The molecule has 0 saturated carbocycles. The molecule has 4 nitrogen and oxygen atoms in total. The van der Waals surface area contributed by atoms with Crippen molar-refractivity contribution in [1.82, 2.24) is 9.55 Å². The van der Waals surface area contributed by atoms with Crippen LogP contribution >= 0.6 is 11.6 Å². The van der Waals surface area contributed by atoms with Crippen molar-refractivity contribution in [2.75, 3.05) is 6.79 Å². The van der Waals surface area contributed by atoms with Gasteiger partial charge >= 0.3 is 0 Å². The van der Waals surface area contributed by atoms with E-state index in [1.165, 1.54) is 0 Å². The summed E-state index contributed by atoms with van der Waals surface area (Å²) in [5.41, 5.74) is 3.04. The van der Waals surface area contributed by atoms with Gasteiger partial charge in [-0.05, 0) is 29.8 Å². The highest BCUT2D eigenvalue weighted by Crippen LogP contribution is 2.38. The molecule has 1 aliphatic heterocycles. The molecule has 0 bridgehead atoms. The number of rotatable bonds is 1. The molecule has 2 aromatic heterocycles. The van der Waals surface area contributed by atoms with Crippen LogP contribution in [0, 0.1) is 0 Å². The van der Waals surface area contributed by atoms with E-state index in [0.29, 0.717) is 5.15 Å². The van der Waals surface area contributed by atoms with E-state index < -0.39 is 0 Å². The zero-order valence-corrected chi connectivity index (χ0v) is 11.5. The quantitative estimate of drug-likeness (QED) is 0.641. The van der Waals surface area contributed by atoms with Crippen LogP contribution in [0.3, 0.4) is 0 Å². The van der Waals surface area contributed by atoms with Crippen LogP contribution in [0.5, 0.6) is 11.5 Å². The van der Waals surface area contributed by atoms with Gasteiger partial charge in [-0.1, -0.05) is 17.7 Å². The molecule has 1 aliphatic rings. The molecular formula is C15H11ClN2O2. The molecule has 3 heterocycles. The summed E-state index contributed by atoms with van der Waals surface area (Å²) in [6.07, 6.45) is 2.05. The van der Waals surface area contributed by atoms with Crippen molar-refractivity contribution in [3.05, 3.63) is 41.7 Å². The van der Waals surface area contributed by atoms with Crippen LogP contribution in [0.4, 0.5) is 0 Å². The van der Waals surface area contributed by atoms with Crippen molar-refractivity contribution in [3.63, 3.8) is 0 Å². The first-order chi connectivity index (χ1) is 9.72. The molecule has 100 valence electrons. The number of halogens is 1. The zero-order chi connectivity index (χ0) is 13.7. The van der Waals surface area contributed by atoms with Crippen LogP contribution in [0.15, 0.2) is 36.5 Å². The predicted octanol–water partition coefficient (Wildman–Crippen LogP) is 3.62. The Morgan fingerprint density at radius 3 is 2.90 bits per heavy atom. The van der Waals surface area contributed by atoms with Crippen LogP contribution in [0.1, 0.15) is 0 Å². The lowest BCUT2D eigenvalue weighted by molar-refractivity contribution is 0.174. The zero-order valence-electron chi connectivity index (χ0n) is 10.8. The molecule has 0 unspecified atom stereocenters. The van der Waals surface area contributed by atoms with Crippen molar-refractivity contribution in [3.8, 4) is 22.6 Å². The van der Waals surface area contributed by atoms with Gasteiger partial charge in [0.15, 0.2) is 11.5 Å². The minimum Gasteiger partial charge on any atom is -0.454 e. The highest BCUT2D eigenvalue weighted by atomic mass is 35.5. The Balaban J connectivity index is 1.94. The number of aryl methyl sites for hydroxylation is 1. The summed E-state index contributed by atoms with van der Waals surface area (Å²) in [5, 5.41) is 1.56. The van der Waals surface area contributed by atoms with Gasteiger partial charge in [0, 0.05) is 24.2 Å². The summed E-state index contributed by atoms with van der Waals surface area (Å²) in [6, 6.07) is 9.74. The van der Waals surface area contributed by atoms with E-state index in [1.54, 1.807) is 6.07 Å². The molecule has 0 atom stereocenters. The van der Waals surface area contributed by atoms with Crippen molar-refractivity contribution >= 4 is 22.6 Å². The van der Waals surface area contributed by atoms with Gasteiger partial charge in [0.2, 0.25) is 6.79 Å². The van der Waals surface area contributed by atoms with E-state index in [4.69, 9.17) is 21.1 Å². The fourth-order valence-electron chi connectivity index (χ4n) is 2.52. The molecule has 3 aromatic rings. The third-order valence-electron chi connectivity index (χ3n) is 3.47. The summed E-state index contributed by atoms with van der Waals surface area (Å²) in [5.74, 6) is 1.57. The van der Waals surface area contributed by atoms with Crippen molar-refractivity contribution in [2.24, 2.45) is 7.05 Å². The molecular weight excluding hydrogens is 276 g/mol. The highest BCUT2D eigenvalue weighted by molar-refractivity contribution is 6.29. The van der Waals surface area contributed by atoms with Gasteiger partial charge in [-0.25, -0.2) is 4.98 Å². The Labute approximate surface area is 120 Å². The Morgan fingerprint density at radius 1 is 1.15 bits per heavy atom. The van der Waals surface area contributed by atoms with Crippen molar-refractivity contribution < 1.29 is 9.47 Å². The van der Waals surface area contributed by atoms with Crippen LogP contribution in [-0.2, 0) is 7.05 Å². The van der Waals surface area contributed by atoms with Gasteiger partial charge in [0.25, 0.3) is 0 Å². The number of benzene rings is 1. The topological polar surface area (TPSA) is 36.3 Å². The summed E-state index contributed by atoms with van der Waals surface area (Å²) in [6.45, 7) is 0.283. The Kier molecular flexibility index (Phi) is 2.41. The molecule has 0 amide bonds. The first-order valence-corrected chi connectivity index (χ1v) is 6.62. The molecule has 4 rings (SSSR count). The summed E-state index contributed by atoms with van der Waals surface area (Å²) in [4.78, 5) is 4.37. The number of ether oxygens (including phenoxy) is 2. The van der Waals surface area contributed by atoms with Crippen molar-refractivity contribution in [2.45, 2.75) is 0 Å². The molecule has 0 aliphatic carbocycles. The van der Waals surface area contributed by atoms with Crippen LogP contribution in [0.25, 0.3) is 22.2 Å². The maximum Gasteiger partial charge on any atom is 0.231 e. The fourth-order valence-corrected chi connectivity index (χ4v) is 2.67. The minimum atomic E-state index is 0.283. The largest absolute Gasteiger partial charge is 0.454 e. The van der Waals surface area contributed by atoms with Gasteiger partial charge in [-0.15, -0.1) is 0 Å². The van der Waals surface area contributed by atoms with E-state index in [2.05, 4.69) is 4.98 Å². The monoisotopic (exact) mass is 286 g/mol. The first kappa shape index (κ1) is 11.6. The Morgan fingerprint density at radius 2 is 2.00 bits per heavy atom. The maximum absolute atomic E-state index is 5.96. The first-order valence-electron chi connectivity index (χ1n) is 6.24. The highest BCUT2D eigenvalue weighted by Gasteiger charge is 2.16. The van der Waals surface area contributed by atoms with Crippen molar-refractivity contribution in [1.29, 1.82) is 0 Å². The lowest BCUT2D eigenvalue weighted by Gasteiger charge is -2.01. The molecule has 0 spiro atoms. The van der Waals surface area contributed by atoms with E-state index in [-0.39, 0.29) is 6.79 Å². The van der Waals surface area contributed by atoms with E-state index >= 15 is 0 Å². The third kappa shape index (κ3) is 1.65. The summed E-state index contributed by atoms with van der Waals surface area (Å²) >= 11 is 5.96. The van der Waals surface area contributed by atoms with Gasteiger partial charge in [0.1, 0.15) is 10.8 Å². The number of hydrogen-bond donors (Lipinski definition) is 0. The molecule has 20 heavy (non-hydrogen) atoms. The fraction of sp³-hybridized carbons (Fsp3) is 0.133. The Hall–Kier alpha value is -2.20. The Bertz CT molecular complexity index is 826. The standard InChI is InChI=1S/C15H11ClN2O2/c1-18-7-11(10-3-5-14(16)17-15(10)18)9-2-4-12-13(6-9)20-8-19-12/h2-7H,8H2,1H3. The molecule has 0 radical (unpaired) electrons. The van der Waals surface area contributed by atoms with Gasteiger partial charge in [0.05, 0.1) is 0 Å². The van der Waals surface area contributed by atoms with Gasteiger partial charge in [-0.3, -0.25) is 0 Å². The average Bonchev–Trinajstić information content (AvgIpc) is 3.03. The second-order valence-electron chi connectivity index (χ2n) is 4.73. The van der Waals surface area contributed by atoms with Crippen LogP contribution in [0.2, 0.25) is 5.15 Å². The van der Waals surface area contributed by atoms with E-state index in [9.17, 15) is 0 Å². The summed E-state index contributed by atoms with van der Waals surface area (Å²) in [7, 11) is 1.96. The van der Waals surface area contributed by atoms with E-state index in [1.807, 2.05) is 42.1 Å². The normalized spacial score (nSPS) is 13.1. The third-order valence-corrected chi connectivity index (χ3v) is 3.68. The number of aromatic nitrogens is 2. The molecule has 0 fully saturated rings. The number of hydrogen-bond acceptors (Lipinski definition) is 3. The molecule has 0 saturated heterocycles. The SMILES string of the molecule is Cn1cc(-c2ccc3c(c2)OCO3)c2ccc(Cl)nc21. The summed E-state index contributed by atoms with van der Waals surface area (Å²) < 4.78 is 12.7. The van der Waals surface area contributed by atoms with E-state index in [0.717, 1.165) is 33.7 Å². The van der Waals surface area contributed by atoms with Crippen LogP contribution < -0.4 is 9.47 Å². The minimum absolute atomic E-state index is 0.283. The van der Waals surface area contributed by atoms with Gasteiger partial charge in [-0.2, -0.15) is 0 Å². The predicted molar refractivity (Wildman–Crippen MR) is 77.3 cm³/mol. The second-order valence-corrected chi connectivity index (χ2v) is 5.11. The maximum atomic E-state index is 5.96. The smallest absolute Gasteiger partial charge is 0.231 e. The average molecular weight is 287 g/mol. The molecule has 0 N–H and O–H groups in total. The lowest BCUT2D eigenvalue weighted by atomic mass is 10.1. The van der Waals surface area contributed by atoms with Crippen LogP contribution in [-0.4, -0.2) is 16.3 Å². The molecule has 1 aromatic carbocycles. The number of nitrogens with zero attached hydrogens (tertiary/aromatic N) is 2. The lowest BCUT2D eigenvalue weighted by Crippen LogP contribution is -1.92. The van der Waals surface area contributed by atoms with Gasteiger partial charge < -0.3 is 14.0 Å².